The van der Waals surface area contributed by atoms with Crippen molar-refractivity contribution in [1.82, 2.24) is 5.32 Å². The number of amides is 2. The first-order chi connectivity index (χ1) is 9.90. The first-order valence-electron chi connectivity index (χ1n) is 6.77. The third-order valence-electron chi connectivity index (χ3n) is 3.52. The van der Waals surface area contributed by atoms with Crippen LogP contribution in [-0.4, -0.2) is 37.2 Å². The van der Waals surface area contributed by atoms with Crippen LogP contribution in [-0.2, 0) is 14.3 Å². The Morgan fingerprint density at radius 1 is 1.33 bits per heavy atom. The quantitative estimate of drug-likeness (QED) is 0.796. The van der Waals surface area contributed by atoms with Gasteiger partial charge in [-0.05, 0) is 37.1 Å². The van der Waals surface area contributed by atoms with Gasteiger partial charge in [0.05, 0.1) is 25.2 Å². The summed E-state index contributed by atoms with van der Waals surface area (Å²) < 4.78 is 10.5. The van der Waals surface area contributed by atoms with Gasteiger partial charge in [0.1, 0.15) is 5.75 Å². The molecular formula is C15H20N2O4. The molecule has 0 aliphatic carbocycles. The average molecular weight is 292 g/mol. The van der Waals surface area contributed by atoms with Gasteiger partial charge >= 0.3 is 0 Å². The van der Waals surface area contributed by atoms with E-state index >= 15 is 0 Å². The number of rotatable bonds is 6. The zero-order chi connectivity index (χ0) is 15.5. The molecule has 0 bridgehead atoms. The predicted octanol–water partition coefficient (Wildman–Crippen LogP) is 0.443. The molecule has 1 fully saturated rings. The summed E-state index contributed by atoms with van der Waals surface area (Å²) in [5.74, 6) is -0.117. The summed E-state index contributed by atoms with van der Waals surface area (Å²) >= 11 is 0. The maximum Gasteiger partial charge on any atom is 0.258 e. The maximum atomic E-state index is 11.9. The van der Waals surface area contributed by atoms with E-state index in [-0.39, 0.29) is 18.9 Å². The van der Waals surface area contributed by atoms with Gasteiger partial charge in [-0.25, -0.2) is 0 Å². The highest BCUT2D eigenvalue weighted by molar-refractivity contribution is 5.81. The van der Waals surface area contributed by atoms with Gasteiger partial charge in [0, 0.05) is 0 Å². The van der Waals surface area contributed by atoms with Gasteiger partial charge in [-0.3, -0.25) is 9.59 Å². The van der Waals surface area contributed by atoms with Crippen LogP contribution in [0.25, 0.3) is 0 Å². The first-order valence-corrected chi connectivity index (χ1v) is 6.77. The number of hydrogen-bond acceptors (Lipinski definition) is 4. The van der Waals surface area contributed by atoms with Gasteiger partial charge in [0.2, 0.25) is 5.91 Å². The lowest BCUT2D eigenvalue weighted by Gasteiger charge is -2.41. The van der Waals surface area contributed by atoms with Crippen LogP contribution in [0.5, 0.6) is 5.75 Å². The van der Waals surface area contributed by atoms with Gasteiger partial charge in [-0.15, -0.1) is 0 Å². The Morgan fingerprint density at radius 2 is 2.05 bits per heavy atom. The molecule has 1 aliphatic heterocycles. The maximum absolute atomic E-state index is 11.9. The molecule has 6 heteroatoms. The molecule has 0 spiro atoms. The second kappa shape index (κ2) is 6.13. The summed E-state index contributed by atoms with van der Waals surface area (Å²) in [7, 11) is 0. The Labute approximate surface area is 123 Å². The predicted molar refractivity (Wildman–Crippen MR) is 76.9 cm³/mol. The monoisotopic (exact) mass is 292 g/mol. The number of ether oxygens (including phenoxy) is 2. The Morgan fingerprint density at radius 3 is 2.57 bits per heavy atom. The molecule has 0 atom stereocenters. The van der Waals surface area contributed by atoms with Crippen molar-refractivity contribution in [2.75, 3.05) is 19.8 Å². The van der Waals surface area contributed by atoms with Crippen molar-refractivity contribution < 1.29 is 19.1 Å². The number of primary amides is 1. The van der Waals surface area contributed by atoms with E-state index in [0.29, 0.717) is 19.0 Å². The average Bonchev–Trinajstić information content (AvgIpc) is 2.37. The Hall–Kier alpha value is -2.08. The molecule has 6 nitrogen and oxygen atoms in total. The van der Waals surface area contributed by atoms with Gasteiger partial charge in [-0.1, -0.05) is 6.07 Å². The zero-order valence-electron chi connectivity index (χ0n) is 12.3. The van der Waals surface area contributed by atoms with Gasteiger partial charge in [0.25, 0.3) is 5.91 Å². The van der Waals surface area contributed by atoms with Crippen LogP contribution in [0.15, 0.2) is 18.2 Å². The molecule has 1 saturated heterocycles. The minimum atomic E-state index is -0.671. The first kappa shape index (κ1) is 15.3. The highest BCUT2D eigenvalue weighted by Crippen LogP contribution is 2.21. The topological polar surface area (TPSA) is 90.6 Å². The molecule has 114 valence electrons. The second-order valence-electron chi connectivity index (χ2n) is 5.50. The van der Waals surface area contributed by atoms with E-state index in [9.17, 15) is 9.59 Å². The molecule has 1 aliphatic rings. The smallest absolute Gasteiger partial charge is 0.258 e. The van der Waals surface area contributed by atoms with Crippen LogP contribution in [0, 0.1) is 13.8 Å². The van der Waals surface area contributed by atoms with Crippen LogP contribution in [0.2, 0.25) is 0 Å². The molecule has 0 aromatic heterocycles. The van der Waals surface area contributed by atoms with Crippen molar-refractivity contribution in [3.05, 3.63) is 29.3 Å². The molecule has 2 rings (SSSR count). The van der Waals surface area contributed by atoms with Gasteiger partial charge in [0.15, 0.2) is 6.61 Å². The summed E-state index contributed by atoms with van der Waals surface area (Å²) in [4.78, 5) is 22.9. The molecule has 1 heterocycles. The largest absolute Gasteiger partial charge is 0.484 e. The fraction of sp³-hybridized carbons (Fsp3) is 0.467. The van der Waals surface area contributed by atoms with Crippen LogP contribution in [0.4, 0.5) is 0 Å². The number of nitrogens with two attached hydrogens (primary N) is 1. The number of benzene rings is 1. The minimum absolute atomic E-state index is 0.0718. The number of hydrogen-bond donors (Lipinski definition) is 2. The van der Waals surface area contributed by atoms with Crippen molar-refractivity contribution >= 4 is 11.8 Å². The lowest BCUT2D eigenvalue weighted by atomic mass is 9.92. The lowest BCUT2D eigenvalue weighted by molar-refractivity contribution is -0.139. The van der Waals surface area contributed by atoms with E-state index < -0.39 is 11.4 Å². The molecule has 21 heavy (non-hydrogen) atoms. The molecule has 3 N–H and O–H groups in total. The third kappa shape index (κ3) is 3.95. The minimum Gasteiger partial charge on any atom is -0.484 e. The summed E-state index contributed by atoms with van der Waals surface area (Å²) in [6, 6.07) is 5.65. The molecular weight excluding hydrogens is 272 g/mol. The highest BCUT2D eigenvalue weighted by Gasteiger charge is 2.41. The van der Waals surface area contributed by atoms with E-state index in [1.54, 1.807) is 0 Å². The molecule has 1 aromatic rings. The second-order valence-corrected chi connectivity index (χ2v) is 5.50. The van der Waals surface area contributed by atoms with Gasteiger partial charge in [-0.2, -0.15) is 0 Å². The van der Waals surface area contributed by atoms with Crippen LogP contribution < -0.4 is 15.8 Å². The summed E-state index contributed by atoms with van der Waals surface area (Å²) in [6.07, 6.45) is 0.0718. The fourth-order valence-corrected chi connectivity index (χ4v) is 2.18. The third-order valence-corrected chi connectivity index (χ3v) is 3.52. The van der Waals surface area contributed by atoms with Crippen LogP contribution >= 0.6 is 0 Å². The van der Waals surface area contributed by atoms with Crippen molar-refractivity contribution in [2.24, 2.45) is 5.73 Å². The number of nitrogens with one attached hydrogen (secondary N) is 1. The summed E-state index contributed by atoms with van der Waals surface area (Å²) in [5, 5.41) is 2.77. The van der Waals surface area contributed by atoms with Crippen LogP contribution in [0.1, 0.15) is 17.5 Å². The highest BCUT2D eigenvalue weighted by atomic mass is 16.5. The van der Waals surface area contributed by atoms with E-state index in [1.165, 1.54) is 5.56 Å². The fourth-order valence-electron chi connectivity index (χ4n) is 2.18. The van der Waals surface area contributed by atoms with E-state index in [0.717, 1.165) is 5.56 Å². The normalized spacial score (nSPS) is 15.9. The SMILES string of the molecule is Cc1ccc(OCC(=O)NC2(CC(N)=O)COC2)cc1C. The zero-order valence-corrected chi connectivity index (χ0v) is 12.3. The molecule has 0 unspecified atom stereocenters. The lowest BCUT2D eigenvalue weighted by Crippen LogP contribution is -2.64. The standard InChI is InChI=1S/C15H20N2O4/c1-10-3-4-12(5-11(10)2)21-7-14(19)17-15(6-13(16)18)8-20-9-15/h3-5H,6-9H2,1-2H3,(H2,16,18)(H,17,19). The van der Waals surface area contributed by atoms with E-state index in [1.807, 2.05) is 32.0 Å². The Balaban J connectivity index is 1.86. The molecule has 1 aromatic carbocycles. The van der Waals surface area contributed by atoms with E-state index in [2.05, 4.69) is 5.32 Å². The number of carbonyl (C=O) groups excluding carboxylic acids is 2. The van der Waals surface area contributed by atoms with Crippen molar-refractivity contribution in [2.45, 2.75) is 25.8 Å². The van der Waals surface area contributed by atoms with Crippen molar-refractivity contribution in [3.63, 3.8) is 0 Å². The number of carbonyl (C=O) groups is 2. The Kier molecular flexibility index (Phi) is 4.47. The molecule has 0 radical (unpaired) electrons. The van der Waals surface area contributed by atoms with Gasteiger partial charge < -0.3 is 20.5 Å². The number of aryl methyl sites for hydroxylation is 2. The Bertz CT molecular complexity index is 553. The summed E-state index contributed by atoms with van der Waals surface area (Å²) in [5.41, 5.74) is 6.78. The molecule has 2 amide bonds. The van der Waals surface area contributed by atoms with E-state index in [4.69, 9.17) is 15.2 Å². The van der Waals surface area contributed by atoms with Crippen molar-refractivity contribution in [3.8, 4) is 5.75 Å². The molecule has 0 saturated carbocycles. The van der Waals surface area contributed by atoms with Crippen molar-refractivity contribution in [1.29, 1.82) is 0 Å². The van der Waals surface area contributed by atoms with Crippen LogP contribution in [0.3, 0.4) is 0 Å². The summed E-state index contributed by atoms with van der Waals surface area (Å²) in [6.45, 7) is 4.48.